The van der Waals surface area contributed by atoms with Crippen LogP contribution in [0, 0.1) is 13.8 Å². The molecule has 0 fully saturated rings. The first kappa shape index (κ1) is 10.6. The van der Waals surface area contributed by atoms with Gasteiger partial charge in [0.15, 0.2) is 0 Å². The lowest BCUT2D eigenvalue weighted by Crippen LogP contribution is -1.83. The molecule has 86 valence electrons. The maximum absolute atomic E-state index is 5.23. The molecule has 3 rings (SSSR count). The predicted molar refractivity (Wildman–Crippen MR) is 71.0 cm³/mol. The van der Waals surface area contributed by atoms with Gasteiger partial charge in [0.1, 0.15) is 5.76 Å². The SMILES string of the molecule is Cc1noc(C)c1-c1cccc2c(Br)c[nH]c12. The van der Waals surface area contributed by atoms with Gasteiger partial charge < -0.3 is 9.51 Å². The van der Waals surface area contributed by atoms with Gasteiger partial charge in [-0.1, -0.05) is 23.4 Å². The highest BCUT2D eigenvalue weighted by molar-refractivity contribution is 9.10. The van der Waals surface area contributed by atoms with Crippen molar-refractivity contribution >= 4 is 26.8 Å². The van der Waals surface area contributed by atoms with E-state index in [1.807, 2.05) is 26.1 Å². The summed E-state index contributed by atoms with van der Waals surface area (Å²) < 4.78 is 6.30. The number of H-pyrrole nitrogens is 1. The number of hydrogen-bond donors (Lipinski definition) is 1. The minimum atomic E-state index is 0.848. The summed E-state index contributed by atoms with van der Waals surface area (Å²) in [7, 11) is 0. The van der Waals surface area contributed by atoms with E-state index in [2.05, 4.69) is 38.2 Å². The number of aromatic nitrogens is 2. The van der Waals surface area contributed by atoms with Gasteiger partial charge in [-0.3, -0.25) is 0 Å². The zero-order valence-corrected chi connectivity index (χ0v) is 11.1. The van der Waals surface area contributed by atoms with E-state index in [1.165, 1.54) is 5.39 Å². The van der Waals surface area contributed by atoms with Gasteiger partial charge in [-0.25, -0.2) is 0 Å². The van der Waals surface area contributed by atoms with E-state index in [9.17, 15) is 0 Å². The quantitative estimate of drug-likeness (QED) is 0.730. The van der Waals surface area contributed by atoms with Crippen LogP contribution in [0.2, 0.25) is 0 Å². The molecule has 0 saturated carbocycles. The van der Waals surface area contributed by atoms with Gasteiger partial charge in [-0.15, -0.1) is 0 Å². The predicted octanol–water partition coefficient (Wildman–Crippen LogP) is 4.20. The molecule has 0 bridgehead atoms. The molecule has 1 N–H and O–H groups in total. The third-order valence-electron chi connectivity index (χ3n) is 2.97. The van der Waals surface area contributed by atoms with Crippen molar-refractivity contribution in [1.82, 2.24) is 10.1 Å². The topological polar surface area (TPSA) is 41.8 Å². The standard InChI is InChI=1S/C13H11BrN2O/c1-7-12(8(2)17-16-7)10-5-3-4-9-11(14)6-15-13(9)10/h3-6,15H,1-2H3. The minimum Gasteiger partial charge on any atom is -0.361 e. The smallest absolute Gasteiger partial charge is 0.141 e. The Morgan fingerprint density at radius 3 is 2.82 bits per heavy atom. The lowest BCUT2D eigenvalue weighted by Gasteiger charge is -2.02. The molecule has 3 aromatic rings. The van der Waals surface area contributed by atoms with Crippen molar-refractivity contribution in [2.45, 2.75) is 13.8 Å². The van der Waals surface area contributed by atoms with Crippen LogP contribution in [-0.2, 0) is 0 Å². The van der Waals surface area contributed by atoms with Crippen LogP contribution < -0.4 is 0 Å². The lowest BCUT2D eigenvalue weighted by molar-refractivity contribution is 0.393. The molecule has 0 saturated heterocycles. The van der Waals surface area contributed by atoms with Gasteiger partial charge in [0.05, 0.1) is 11.2 Å². The maximum Gasteiger partial charge on any atom is 0.141 e. The van der Waals surface area contributed by atoms with E-state index in [0.717, 1.165) is 32.6 Å². The van der Waals surface area contributed by atoms with E-state index in [-0.39, 0.29) is 0 Å². The van der Waals surface area contributed by atoms with Crippen LogP contribution in [0.4, 0.5) is 0 Å². The molecule has 4 heteroatoms. The molecule has 0 atom stereocenters. The Kier molecular flexibility index (Phi) is 2.33. The van der Waals surface area contributed by atoms with Gasteiger partial charge >= 0.3 is 0 Å². The zero-order chi connectivity index (χ0) is 12.0. The Morgan fingerprint density at radius 2 is 2.12 bits per heavy atom. The molecular weight excluding hydrogens is 280 g/mol. The number of benzene rings is 1. The lowest BCUT2D eigenvalue weighted by atomic mass is 10.0. The molecule has 1 aromatic carbocycles. The van der Waals surface area contributed by atoms with Gasteiger partial charge in [0.2, 0.25) is 0 Å². The van der Waals surface area contributed by atoms with Gasteiger partial charge in [0.25, 0.3) is 0 Å². The van der Waals surface area contributed by atoms with E-state index in [1.54, 1.807) is 0 Å². The number of aryl methyl sites for hydroxylation is 2. The number of halogens is 1. The average Bonchev–Trinajstić information content (AvgIpc) is 2.84. The summed E-state index contributed by atoms with van der Waals surface area (Å²) in [5.74, 6) is 0.848. The van der Waals surface area contributed by atoms with Crippen molar-refractivity contribution in [2.75, 3.05) is 0 Å². The molecule has 0 aliphatic heterocycles. The first-order valence-electron chi connectivity index (χ1n) is 5.37. The fraction of sp³-hybridized carbons (Fsp3) is 0.154. The Balaban J connectivity index is 2.38. The van der Waals surface area contributed by atoms with E-state index in [4.69, 9.17) is 4.52 Å². The Bertz CT molecular complexity index is 677. The molecule has 17 heavy (non-hydrogen) atoms. The summed E-state index contributed by atoms with van der Waals surface area (Å²) in [4.78, 5) is 3.28. The van der Waals surface area contributed by atoms with E-state index in [0.29, 0.717) is 0 Å². The van der Waals surface area contributed by atoms with Crippen molar-refractivity contribution in [2.24, 2.45) is 0 Å². The molecule has 0 radical (unpaired) electrons. The number of fused-ring (bicyclic) bond motifs is 1. The normalized spacial score (nSPS) is 11.2. The third-order valence-corrected chi connectivity index (χ3v) is 3.62. The van der Waals surface area contributed by atoms with Crippen molar-refractivity contribution in [3.63, 3.8) is 0 Å². The van der Waals surface area contributed by atoms with Crippen molar-refractivity contribution in [3.8, 4) is 11.1 Å². The summed E-state index contributed by atoms with van der Waals surface area (Å²) >= 11 is 3.53. The Morgan fingerprint density at radius 1 is 1.29 bits per heavy atom. The first-order chi connectivity index (χ1) is 8.18. The summed E-state index contributed by atoms with van der Waals surface area (Å²) in [6.07, 6.45) is 1.95. The third kappa shape index (κ3) is 1.52. The summed E-state index contributed by atoms with van der Waals surface area (Å²) in [6.45, 7) is 3.90. The van der Waals surface area contributed by atoms with Crippen LogP contribution in [0.25, 0.3) is 22.0 Å². The van der Waals surface area contributed by atoms with Crippen LogP contribution in [0.3, 0.4) is 0 Å². The summed E-state index contributed by atoms with van der Waals surface area (Å²) in [5.41, 5.74) is 4.23. The fourth-order valence-corrected chi connectivity index (χ4v) is 2.64. The van der Waals surface area contributed by atoms with Crippen LogP contribution in [0.15, 0.2) is 33.4 Å². The first-order valence-corrected chi connectivity index (χ1v) is 6.16. The highest BCUT2D eigenvalue weighted by atomic mass is 79.9. The van der Waals surface area contributed by atoms with Crippen LogP contribution in [-0.4, -0.2) is 10.1 Å². The Labute approximate surface area is 107 Å². The second-order valence-corrected chi connectivity index (χ2v) is 4.92. The minimum absolute atomic E-state index is 0.848. The number of hydrogen-bond acceptors (Lipinski definition) is 2. The molecular formula is C13H11BrN2O. The molecule has 3 nitrogen and oxygen atoms in total. The molecule has 0 aliphatic carbocycles. The highest BCUT2D eigenvalue weighted by Gasteiger charge is 2.15. The van der Waals surface area contributed by atoms with Crippen molar-refractivity contribution in [1.29, 1.82) is 0 Å². The van der Waals surface area contributed by atoms with E-state index >= 15 is 0 Å². The largest absolute Gasteiger partial charge is 0.361 e. The highest BCUT2D eigenvalue weighted by Crippen LogP contribution is 2.34. The molecule has 0 amide bonds. The second kappa shape index (κ2) is 3.74. The van der Waals surface area contributed by atoms with Gasteiger partial charge in [-0.05, 0) is 29.8 Å². The average molecular weight is 291 g/mol. The van der Waals surface area contributed by atoms with Crippen molar-refractivity contribution < 1.29 is 4.52 Å². The zero-order valence-electron chi connectivity index (χ0n) is 9.54. The van der Waals surface area contributed by atoms with Crippen LogP contribution >= 0.6 is 15.9 Å². The van der Waals surface area contributed by atoms with Gasteiger partial charge in [-0.2, -0.15) is 0 Å². The Hall–Kier alpha value is -1.55. The molecule has 0 spiro atoms. The van der Waals surface area contributed by atoms with Crippen LogP contribution in [0.1, 0.15) is 11.5 Å². The molecule has 0 unspecified atom stereocenters. The summed E-state index contributed by atoms with van der Waals surface area (Å²) in [5, 5.41) is 5.17. The number of aromatic amines is 1. The number of para-hydroxylation sites is 1. The fourth-order valence-electron chi connectivity index (χ4n) is 2.20. The molecule has 2 aromatic heterocycles. The second-order valence-electron chi connectivity index (χ2n) is 4.06. The molecule has 0 aliphatic rings. The van der Waals surface area contributed by atoms with Crippen molar-refractivity contribution in [3.05, 3.63) is 40.3 Å². The summed E-state index contributed by atoms with van der Waals surface area (Å²) in [6, 6.07) is 6.21. The van der Waals surface area contributed by atoms with Crippen LogP contribution in [0.5, 0.6) is 0 Å². The number of nitrogens with zero attached hydrogens (tertiary/aromatic N) is 1. The monoisotopic (exact) mass is 290 g/mol. The molecule has 2 heterocycles. The van der Waals surface area contributed by atoms with E-state index < -0.39 is 0 Å². The van der Waals surface area contributed by atoms with Gasteiger partial charge in [0, 0.05) is 27.2 Å². The maximum atomic E-state index is 5.23. The number of rotatable bonds is 1. The number of nitrogens with one attached hydrogen (secondary N) is 1.